The lowest BCUT2D eigenvalue weighted by atomic mass is 9.83. The van der Waals surface area contributed by atoms with Gasteiger partial charge in [-0.25, -0.2) is 0 Å². The quantitative estimate of drug-likeness (QED) is 0.763. The Morgan fingerprint density at radius 1 is 1.06 bits per heavy atom. The van der Waals surface area contributed by atoms with Crippen LogP contribution in [0, 0.1) is 0 Å². The van der Waals surface area contributed by atoms with Gasteiger partial charge in [-0.1, -0.05) is 6.07 Å². The summed E-state index contributed by atoms with van der Waals surface area (Å²) >= 11 is 0. The summed E-state index contributed by atoms with van der Waals surface area (Å²) in [6.07, 6.45) is 9.97. The molecule has 3 heteroatoms. The van der Waals surface area contributed by atoms with Gasteiger partial charge in [0.05, 0.1) is 0 Å². The van der Waals surface area contributed by atoms with Crippen molar-refractivity contribution in [2.45, 2.75) is 56.5 Å². The topological polar surface area (TPSA) is 33.2 Å². The third-order valence-corrected chi connectivity index (χ3v) is 4.31. The van der Waals surface area contributed by atoms with Crippen LogP contribution in [0.3, 0.4) is 0 Å². The van der Waals surface area contributed by atoms with Crippen LogP contribution in [0.2, 0.25) is 0 Å². The van der Waals surface area contributed by atoms with E-state index < -0.39 is 0 Å². The van der Waals surface area contributed by atoms with Gasteiger partial charge in [0.15, 0.2) is 0 Å². The van der Waals surface area contributed by atoms with E-state index >= 15 is 0 Å². The Bertz CT molecular complexity index is 394. The fourth-order valence-electron chi connectivity index (χ4n) is 3.13. The second kappa shape index (κ2) is 5.09. The summed E-state index contributed by atoms with van der Waals surface area (Å²) in [6, 6.07) is 7.20. The van der Waals surface area contributed by atoms with Crippen molar-refractivity contribution >= 4 is 6.41 Å². The van der Waals surface area contributed by atoms with Crippen LogP contribution in [-0.4, -0.2) is 28.4 Å². The van der Waals surface area contributed by atoms with Crippen LogP contribution in [0.4, 0.5) is 0 Å². The molecule has 2 aliphatic rings. The molecular weight excluding hydrogens is 224 g/mol. The van der Waals surface area contributed by atoms with Gasteiger partial charge in [0.25, 0.3) is 0 Å². The van der Waals surface area contributed by atoms with Crippen molar-refractivity contribution in [3.05, 3.63) is 30.1 Å². The minimum Gasteiger partial charge on any atom is -0.339 e. The Morgan fingerprint density at radius 2 is 1.72 bits per heavy atom. The number of nitrogens with zero attached hydrogens (tertiary/aromatic N) is 2. The third-order valence-electron chi connectivity index (χ3n) is 4.31. The number of hydrogen-bond donors (Lipinski definition) is 0. The standard InChI is InChI=1S/C15H20N2O/c18-11-17(14-8-9-14)13-6-4-12(5-7-13)15-3-1-2-10-16-15/h1-3,10-14H,4-9H2. The van der Waals surface area contributed by atoms with Crippen LogP contribution in [-0.2, 0) is 4.79 Å². The fourth-order valence-corrected chi connectivity index (χ4v) is 3.13. The number of carbonyl (C=O) groups is 1. The van der Waals surface area contributed by atoms with Gasteiger partial charge in [-0.05, 0) is 50.7 Å². The summed E-state index contributed by atoms with van der Waals surface area (Å²) in [4.78, 5) is 17.7. The molecule has 1 aromatic heterocycles. The molecule has 3 rings (SSSR count). The third kappa shape index (κ3) is 2.40. The van der Waals surface area contributed by atoms with Crippen molar-refractivity contribution in [3.8, 4) is 0 Å². The highest BCUT2D eigenvalue weighted by Gasteiger charge is 2.35. The van der Waals surface area contributed by atoms with E-state index in [-0.39, 0.29) is 0 Å². The highest BCUT2D eigenvalue weighted by Crippen LogP contribution is 2.37. The first-order valence-corrected chi connectivity index (χ1v) is 7.02. The minimum absolute atomic E-state index is 0.481. The van der Waals surface area contributed by atoms with E-state index in [0.717, 1.165) is 19.3 Å². The molecule has 1 aromatic rings. The molecule has 2 saturated carbocycles. The molecule has 0 aromatic carbocycles. The van der Waals surface area contributed by atoms with Gasteiger partial charge in [-0.15, -0.1) is 0 Å². The summed E-state index contributed by atoms with van der Waals surface area (Å²) in [7, 11) is 0. The second-order valence-electron chi connectivity index (χ2n) is 5.54. The molecular formula is C15H20N2O. The van der Waals surface area contributed by atoms with Crippen LogP contribution in [0.25, 0.3) is 0 Å². The molecule has 0 N–H and O–H groups in total. The number of aromatic nitrogens is 1. The maximum Gasteiger partial charge on any atom is 0.210 e. The monoisotopic (exact) mass is 244 g/mol. The van der Waals surface area contributed by atoms with E-state index in [2.05, 4.69) is 22.0 Å². The van der Waals surface area contributed by atoms with Crippen LogP contribution in [0.15, 0.2) is 24.4 Å². The average molecular weight is 244 g/mol. The molecule has 2 aliphatic carbocycles. The van der Waals surface area contributed by atoms with Gasteiger partial charge in [0.2, 0.25) is 6.41 Å². The molecule has 0 atom stereocenters. The molecule has 0 spiro atoms. The molecule has 0 bridgehead atoms. The first kappa shape index (κ1) is 11.7. The molecule has 0 aliphatic heterocycles. The van der Waals surface area contributed by atoms with Gasteiger partial charge in [-0.2, -0.15) is 0 Å². The van der Waals surface area contributed by atoms with Crippen molar-refractivity contribution in [3.63, 3.8) is 0 Å². The van der Waals surface area contributed by atoms with Crippen LogP contribution in [0.5, 0.6) is 0 Å². The number of amides is 1. The van der Waals surface area contributed by atoms with E-state index in [1.807, 2.05) is 12.3 Å². The molecule has 0 unspecified atom stereocenters. The Labute approximate surface area is 108 Å². The van der Waals surface area contributed by atoms with Crippen LogP contribution < -0.4 is 0 Å². The maximum absolute atomic E-state index is 11.2. The molecule has 18 heavy (non-hydrogen) atoms. The lowest BCUT2D eigenvalue weighted by Gasteiger charge is -2.34. The Kier molecular flexibility index (Phi) is 3.31. The molecule has 1 amide bonds. The Balaban J connectivity index is 1.59. The fraction of sp³-hybridized carbons (Fsp3) is 0.600. The molecule has 3 nitrogen and oxygen atoms in total. The summed E-state index contributed by atoms with van der Waals surface area (Å²) < 4.78 is 0. The van der Waals surface area contributed by atoms with Crippen molar-refractivity contribution in [2.24, 2.45) is 0 Å². The number of hydrogen-bond acceptors (Lipinski definition) is 2. The predicted molar refractivity (Wildman–Crippen MR) is 70.2 cm³/mol. The van der Waals surface area contributed by atoms with Gasteiger partial charge >= 0.3 is 0 Å². The van der Waals surface area contributed by atoms with Crippen molar-refractivity contribution in [1.29, 1.82) is 0 Å². The highest BCUT2D eigenvalue weighted by molar-refractivity contribution is 5.49. The van der Waals surface area contributed by atoms with E-state index in [1.54, 1.807) is 0 Å². The van der Waals surface area contributed by atoms with Gasteiger partial charge in [-0.3, -0.25) is 9.78 Å². The smallest absolute Gasteiger partial charge is 0.210 e. The van der Waals surface area contributed by atoms with Crippen molar-refractivity contribution < 1.29 is 4.79 Å². The molecule has 0 saturated heterocycles. The van der Waals surface area contributed by atoms with E-state index in [4.69, 9.17) is 0 Å². The SMILES string of the molecule is O=CN(C1CCC(c2ccccn2)CC1)C1CC1. The zero-order chi connectivity index (χ0) is 12.4. The lowest BCUT2D eigenvalue weighted by Crippen LogP contribution is -2.38. The Hall–Kier alpha value is -1.38. The summed E-state index contributed by atoms with van der Waals surface area (Å²) in [5.74, 6) is 0.593. The molecule has 1 heterocycles. The number of carbonyl (C=O) groups excluding carboxylic acids is 1. The first-order valence-electron chi connectivity index (χ1n) is 7.02. The number of rotatable bonds is 4. The van der Waals surface area contributed by atoms with Crippen LogP contribution in [0.1, 0.15) is 50.1 Å². The van der Waals surface area contributed by atoms with E-state index in [9.17, 15) is 4.79 Å². The summed E-state index contributed by atoms with van der Waals surface area (Å²) in [5.41, 5.74) is 1.22. The maximum atomic E-state index is 11.2. The first-order chi connectivity index (χ1) is 8.88. The van der Waals surface area contributed by atoms with Crippen LogP contribution >= 0.6 is 0 Å². The van der Waals surface area contributed by atoms with E-state index in [0.29, 0.717) is 18.0 Å². The predicted octanol–water partition coefficient (Wildman–Crippen LogP) is 2.73. The lowest BCUT2D eigenvalue weighted by molar-refractivity contribution is -0.121. The van der Waals surface area contributed by atoms with Gasteiger partial charge in [0, 0.05) is 29.9 Å². The highest BCUT2D eigenvalue weighted by atomic mass is 16.1. The molecule has 96 valence electrons. The zero-order valence-corrected chi connectivity index (χ0v) is 10.7. The summed E-state index contributed by atoms with van der Waals surface area (Å²) in [6.45, 7) is 0. The molecule has 2 fully saturated rings. The Morgan fingerprint density at radius 3 is 2.22 bits per heavy atom. The van der Waals surface area contributed by atoms with Gasteiger partial charge in [0.1, 0.15) is 0 Å². The molecule has 0 radical (unpaired) electrons. The van der Waals surface area contributed by atoms with E-state index in [1.165, 1.54) is 31.4 Å². The van der Waals surface area contributed by atoms with Crippen molar-refractivity contribution in [1.82, 2.24) is 9.88 Å². The van der Waals surface area contributed by atoms with Crippen molar-refractivity contribution in [2.75, 3.05) is 0 Å². The normalized spacial score (nSPS) is 27.8. The largest absolute Gasteiger partial charge is 0.339 e. The average Bonchev–Trinajstić information content (AvgIpc) is 3.26. The number of pyridine rings is 1. The zero-order valence-electron chi connectivity index (χ0n) is 10.7. The van der Waals surface area contributed by atoms with Gasteiger partial charge < -0.3 is 4.90 Å². The summed E-state index contributed by atoms with van der Waals surface area (Å²) in [5, 5.41) is 0. The second-order valence-corrected chi connectivity index (χ2v) is 5.54. The minimum atomic E-state index is 0.481.